The summed E-state index contributed by atoms with van der Waals surface area (Å²) in [6, 6.07) is 2.47. The van der Waals surface area contributed by atoms with Gasteiger partial charge in [-0.1, -0.05) is 0 Å². The second-order valence-corrected chi connectivity index (χ2v) is 5.14. The van der Waals surface area contributed by atoms with Crippen LogP contribution in [0, 0.1) is 11.6 Å². The number of aromatic nitrogens is 2. The van der Waals surface area contributed by atoms with Crippen LogP contribution in [0.5, 0.6) is 0 Å². The van der Waals surface area contributed by atoms with Gasteiger partial charge in [-0.3, -0.25) is 4.90 Å². The number of piperidine rings is 1. The molecule has 1 saturated heterocycles. The monoisotopic (exact) mass is 296 g/mol. The van der Waals surface area contributed by atoms with E-state index in [1.54, 1.807) is 0 Å². The Hall–Kier alpha value is -2.22. The Bertz CT molecular complexity index is 703. The molecule has 1 aromatic heterocycles. The molecule has 3 rings (SSSR count). The zero-order chi connectivity index (χ0) is 15.1. The Morgan fingerprint density at radius 1 is 1.48 bits per heavy atom. The first-order valence-corrected chi connectivity index (χ1v) is 6.56. The van der Waals surface area contributed by atoms with Gasteiger partial charge in [0.05, 0.1) is 11.7 Å². The molecule has 1 aliphatic heterocycles. The van der Waals surface area contributed by atoms with Gasteiger partial charge in [0.15, 0.2) is 11.6 Å². The summed E-state index contributed by atoms with van der Waals surface area (Å²) < 4.78 is 26.8. The van der Waals surface area contributed by atoms with E-state index >= 15 is 0 Å². The summed E-state index contributed by atoms with van der Waals surface area (Å²) in [6.07, 6.45) is -0.769. The molecule has 0 saturated carbocycles. The summed E-state index contributed by atoms with van der Waals surface area (Å²) in [5, 5.41) is 8.98. The standard InChI is InChI=1S/C13H14F2N4O2/c14-7-1-2-8-11(10(7)15)18-12(17-8)6-3-4-19(13(20)21)9(16)5-6/h1-2,6,9H,3-5,16H2,(H,17,18)(H,20,21). The van der Waals surface area contributed by atoms with Crippen molar-refractivity contribution in [1.82, 2.24) is 14.9 Å². The Kier molecular flexibility index (Phi) is 3.25. The first kappa shape index (κ1) is 13.7. The predicted octanol–water partition coefficient (Wildman–Crippen LogP) is 1.98. The molecular weight excluding hydrogens is 282 g/mol. The number of hydrogen-bond donors (Lipinski definition) is 3. The lowest BCUT2D eigenvalue weighted by atomic mass is 9.94. The van der Waals surface area contributed by atoms with Gasteiger partial charge in [-0.25, -0.2) is 18.6 Å². The van der Waals surface area contributed by atoms with Crippen LogP contribution in [0.15, 0.2) is 12.1 Å². The molecule has 1 fully saturated rings. The summed E-state index contributed by atoms with van der Waals surface area (Å²) in [5.41, 5.74) is 6.20. The van der Waals surface area contributed by atoms with E-state index < -0.39 is 23.9 Å². The van der Waals surface area contributed by atoms with Crippen LogP contribution in [0.25, 0.3) is 11.0 Å². The lowest BCUT2D eigenvalue weighted by Gasteiger charge is -2.34. The van der Waals surface area contributed by atoms with E-state index in [1.165, 1.54) is 11.0 Å². The molecule has 2 atom stereocenters. The molecule has 0 radical (unpaired) electrons. The molecule has 6 nitrogen and oxygen atoms in total. The van der Waals surface area contributed by atoms with E-state index in [2.05, 4.69) is 9.97 Å². The molecular formula is C13H14F2N4O2. The van der Waals surface area contributed by atoms with Crippen LogP contribution in [0.1, 0.15) is 24.6 Å². The molecule has 1 amide bonds. The van der Waals surface area contributed by atoms with Gasteiger partial charge < -0.3 is 15.8 Å². The Morgan fingerprint density at radius 2 is 2.24 bits per heavy atom. The molecule has 0 spiro atoms. The number of halogens is 2. The minimum Gasteiger partial charge on any atom is -0.465 e. The Labute approximate surface area is 118 Å². The number of H-pyrrole nitrogens is 1. The van der Waals surface area contributed by atoms with Gasteiger partial charge in [-0.2, -0.15) is 0 Å². The average molecular weight is 296 g/mol. The number of hydrogen-bond acceptors (Lipinski definition) is 3. The van der Waals surface area contributed by atoms with E-state index in [1.807, 2.05) is 0 Å². The van der Waals surface area contributed by atoms with Gasteiger partial charge in [-0.05, 0) is 25.0 Å². The van der Waals surface area contributed by atoms with Crippen molar-refractivity contribution in [2.75, 3.05) is 6.54 Å². The minimum atomic E-state index is -1.06. The van der Waals surface area contributed by atoms with E-state index in [0.29, 0.717) is 24.2 Å². The molecule has 0 aliphatic carbocycles. The van der Waals surface area contributed by atoms with Crippen molar-refractivity contribution in [2.24, 2.45) is 5.73 Å². The topological polar surface area (TPSA) is 95.2 Å². The van der Waals surface area contributed by atoms with E-state index in [0.717, 1.165) is 6.07 Å². The number of likely N-dealkylation sites (tertiary alicyclic amines) is 1. The van der Waals surface area contributed by atoms with Crippen molar-refractivity contribution >= 4 is 17.1 Å². The summed E-state index contributed by atoms with van der Waals surface area (Å²) >= 11 is 0. The van der Waals surface area contributed by atoms with E-state index in [4.69, 9.17) is 10.8 Å². The predicted molar refractivity (Wildman–Crippen MR) is 70.7 cm³/mol. The molecule has 0 bridgehead atoms. The number of amides is 1. The number of imidazole rings is 1. The maximum atomic E-state index is 13.7. The average Bonchev–Trinajstić information content (AvgIpc) is 2.87. The number of aromatic amines is 1. The zero-order valence-electron chi connectivity index (χ0n) is 11.0. The highest BCUT2D eigenvalue weighted by Crippen LogP contribution is 2.30. The quantitative estimate of drug-likeness (QED) is 0.750. The number of fused-ring (bicyclic) bond motifs is 1. The normalized spacial score (nSPS) is 22.7. The van der Waals surface area contributed by atoms with Crippen LogP contribution in [-0.2, 0) is 0 Å². The van der Waals surface area contributed by atoms with Crippen molar-refractivity contribution in [2.45, 2.75) is 24.9 Å². The Balaban J connectivity index is 1.88. The lowest BCUT2D eigenvalue weighted by molar-refractivity contribution is 0.102. The largest absolute Gasteiger partial charge is 0.465 e. The SMILES string of the molecule is NC1CC(c2nc3c(F)c(F)ccc3[nH]2)CCN1C(=O)O. The number of carbonyl (C=O) groups is 1. The van der Waals surface area contributed by atoms with Gasteiger partial charge >= 0.3 is 6.09 Å². The first-order valence-electron chi connectivity index (χ1n) is 6.56. The number of nitrogens with zero attached hydrogens (tertiary/aromatic N) is 2. The molecule has 8 heteroatoms. The second-order valence-electron chi connectivity index (χ2n) is 5.14. The lowest BCUT2D eigenvalue weighted by Crippen LogP contribution is -2.50. The van der Waals surface area contributed by atoms with Crippen LogP contribution >= 0.6 is 0 Å². The molecule has 2 aromatic rings. The van der Waals surface area contributed by atoms with Gasteiger partial charge in [0.2, 0.25) is 0 Å². The van der Waals surface area contributed by atoms with Crippen LogP contribution < -0.4 is 5.73 Å². The van der Waals surface area contributed by atoms with Crippen molar-refractivity contribution in [3.05, 3.63) is 29.6 Å². The maximum absolute atomic E-state index is 13.7. The van der Waals surface area contributed by atoms with Crippen LogP contribution in [0.4, 0.5) is 13.6 Å². The zero-order valence-corrected chi connectivity index (χ0v) is 11.0. The van der Waals surface area contributed by atoms with Crippen LogP contribution in [-0.4, -0.2) is 38.8 Å². The maximum Gasteiger partial charge on any atom is 0.408 e. The number of carboxylic acid groups (broad SMARTS) is 1. The van der Waals surface area contributed by atoms with Gasteiger partial charge in [0.25, 0.3) is 0 Å². The summed E-state index contributed by atoms with van der Waals surface area (Å²) in [7, 11) is 0. The second kappa shape index (κ2) is 4.96. The number of benzene rings is 1. The highest BCUT2D eigenvalue weighted by Gasteiger charge is 2.31. The van der Waals surface area contributed by atoms with Crippen molar-refractivity contribution < 1.29 is 18.7 Å². The molecule has 4 N–H and O–H groups in total. The fourth-order valence-electron chi connectivity index (χ4n) is 2.71. The number of nitrogens with two attached hydrogens (primary N) is 1. The minimum absolute atomic E-state index is 0.0424. The van der Waals surface area contributed by atoms with Crippen LogP contribution in [0.2, 0.25) is 0 Å². The molecule has 2 unspecified atom stereocenters. The fraction of sp³-hybridized carbons (Fsp3) is 0.385. The van der Waals surface area contributed by atoms with E-state index in [-0.39, 0.29) is 18.0 Å². The molecule has 1 aromatic carbocycles. The Morgan fingerprint density at radius 3 is 2.90 bits per heavy atom. The highest BCUT2D eigenvalue weighted by molar-refractivity contribution is 5.76. The smallest absolute Gasteiger partial charge is 0.408 e. The van der Waals surface area contributed by atoms with E-state index in [9.17, 15) is 13.6 Å². The molecule has 2 heterocycles. The van der Waals surface area contributed by atoms with Crippen LogP contribution in [0.3, 0.4) is 0 Å². The highest BCUT2D eigenvalue weighted by atomic mass is 19.2. The third-order valence-electron chi connectivity index (χ3n) is 3.84. The third kappa shape index (κ3) is 2.31. The number of rotatable bonds is 1. The van der Waals surface area contributed by atoms with Gasteiger partial charge in [0, 0.05) is 12.5 Å². The fourth-order valence-corrected chi connectivity index (χ4v) is 2.71. The van der Waals surface area contributed by atoms with Gasteiger partial charge in [0.1, 0.15) is 11.3 Å². The molecule has 21 heavy (non-hydrogen) atoms. The summed E-state index contributed by atoms with van der Waals surface area (Å²) in [4.78, 5) is 19.2. The first-order chi connectivity index (χ1) is 9.97. The van der Waals surface area contributed by atoms with Gasteiger partial charge in [-0.15, -0.1) is 0 Å². The third-order valence-corrected chi connectivity index (χ3v) is 3.84. The van der Waals surface area contributed by atoms with Crippen molar-refractivity contribution in [1.29, 1.82) is 0 Å². The molecule has 112 valence electrons. The summed E-state index contributed by atoms with van der Waals surface area (Å²) in [5.74, 6) is -1.53. The summed E-state index contributed by atoms with van der Waals surface area (Å²) in [6.45, 7) is 0.287. The van der Waals surface area contributed by atoms with Crippen molar-refractivity contribution in [3.63, 3.8) is 0 Å². The molecule has 1 aliphatic rings. The van der Waals surface area contributed by atoms with Crippen molar-refractivity contribution in [3.8, 4) is 0 Å². The number of nitrogens with one attached hydrogen (secondary N) is 1.